The van der Waals surface area contributed by atoms with E-state index in [9.17, 15) is 9.59 Å². The van der Waals surface area contributed by atoms with Crippen LogP contribution in [0.1, 0.15) is 45.2 Å². The maximum absolute atomic E-state index is 12.8. The summed E-state index contributed by atoms with van der Waals surface area (Å²) in [6.07, 6.45) is 1.47. The number of rotatable bonds is 10. The van der Waals surface area contributed by atoms with Crippen molar-refractivity contribution in [1.82, 2.24) is 10.6 Å². The summed E-state index contributed by atoms with van der Waals surface area (Å²) in [4.78, 5) is 24.5. The van der Waals surface area contributed by atoms with E-state index in [1.165, 1.54) is 7.11 Å². The third-order valence-corrected chi connectivity index (χ3v) is 5.18. The molecule has 0 aromatic heterocycles. The maximum atomic E-state index is 12.8. The van der Waals surface area contributed by atoms with Crippen LogP contribution in [-0.2, 0) is 19.1 Å². The fourth-order valence-electron chi connectivity index (χ4n) is 3.15. The van der Waals surface area contributed by atoms with E-state index in [4.69, 9.17) is 31.2 Å². The molecule has 0 fully saturated rings. The van der Waals surface area contributed by atoms with Crippen LogP contribution in [-0.4, -0.2) is 44.0 Å². The van der Waals surface area contributed by atoms with Crippen molar-refractivity contribution in [2.45, 2.75) is 39.7 Å². The minimum absolute atomic E-state index is 0.257. The number of carbonyl (C=O) groups is 2. The van der Waals surface area contributed by atoms with Crippen LogP contribution >= 0.6 is 28.1 Å². The van der Waals surface area contributed by atoms with Gasteiger partial charge in [0.2, 0.25) is 0 Å². The molecule has 0 saturated heterocycles. The zero-order valence-electron chi connectivity index (χ0n) is 18.0. The lowest BCUT2D eigenvalue weighted by Crippen LogP contribution is -2.45. The predicted molar refractivity (Wildman–Crippen MR) is 123 cm³/mol. The van der Waals surface area contributed by atoms with E-state index in [0.29, 0.717) is 38.6 Å². The van der Waals surface area contributed by atoms with Gasteiger partial charge in [-0.25, -0.2) is 9.59 Å². The Morgan fingerprint density at radius 1 is 1.16 bits per heavy atom. The molecule has 0 spiro atoms. The van der Waals surface area contributed by atoms with E-state index in [0.717, 1.165) is 12.1 Å². The quantitative estimate of drug-likeness (QED) is 0.359. The number of methoxy groups -OCH3 is 1. The highest BCUT2D eigenvalue weighted by Crippen LogP contribution is 2.40. The van der Waals surface area contributed by atoms with Crippen LogP contribution in [0.25, 0.3) is 0 Å². The molecular formula is C21H27BrN2O6S. The number of hydrogen-bond acceptors (Lipinski definition) is 7. The second kappa shape index (κ2) is 11.9. The summed E-state index contributed by atoms with van der Waals surface area (Å²) >= 11 is 8.84. The van der Waals surface area contributed by atoms with Crippen molar-refractivity contribution in [2.24, 2.45) is 0 Å². The van der Waals surface area contributed by atoms with E-state index in [-0.39, 0.29) is 19.8 Å². The highest BCUT2D eigenvalue weighted by molar-refractivity contribution is 9.10. The third kappa shape index (κ3) is 6.33. The summed E-state index contributed by atoms with van der Waals surface area (Å²) in [5.74, 6) is -0.162. The van der Waals surface area contributed by atoms with Gasteiger partial charge in [0.25, 0.3) is 0 Å². The number of nitrogens with one attached hydrogen (secondary N) is 2. The molecule has 10 heteroatoms. The van der Waals surface area contributed by atoms with Gasteiger partial charge in [-0.2, -0.15) is 0 Å². The minimum atomic E-state index is -0.543. The van der Waals surface area contributed by atoms with E-state index < -0.39 is 18.0 Å². The van der Waals surface area contributed by atoms with Crippen LogP contribution in [0.15, 0.2) is 27.9 Å². The molecule has 170 valence electrons. The van der Waals surface area contributed by atoms with Crippen molar-refractivity contribution in [1.29, 1.82) is 0 Å². The van der Waals surface area contributed by atoms with Gasteiger partial charge >= 0.3 is 11.9 Å². The van der Waals surface area contributed by atoms with E-state index in [2.05, 4.69) is 26.6 Å². The Labute approximate surface area is 195 Å². The SMILES string of the molecule is CCCC1=C(C(=O)OCC)C(c2cc(Br)c(OCC(=O)OCC)c(OC)c2)NC(=S)N1. The molecule has 0 saturated carbocycles. The Kier molecular flexibility index (Phi) is 9.57. The number of carbonyl (C=O) groups excluding carboxylic acids is 2. The number of benzene rings is 1. The highest BCUT2D eigenvalue weighted by Gasteiger charge is 2.33. The number of halogens is 1. The molecule has 2 N–H and O–H groups in total. The first kappa shape index (κ1) is 24.9. The van der Waals surface area contributed by atoms with Crippen molar-refractivity contribution in [3.8, 4) is 11.5 Å². The molecule has 0 amide bonds. The van der Waals surface area contributed by atoms with Crippen molar-refractivity contribution < 1.29 is 28.5 Å². The molecular weight excluding hydrogens is 488 g/mol. The van der Waals surface area contributed by atoms with Gasteiger partial charge in [-0.15, -0.1) is 0 Å². The molecule has 1 aromatic carbocycles. The lowest BCUT2D eigenvalue weighted by Gasteiger charge is -2.31. The molecule has 1 aliphatic rings. The zero-order chi connectivity index (χ0) is 23.0. The van der Waals surface area contributed by atoms with Crippen LogP contribution in [0.5, 0.6) is 11.5 Å². The normalized spacial score (nSPS) is 15.6. The summed E-state index contributed by atoms with van der Waals surface area (Å²) in [5, 5.41) is 6.65. The van der Waals surface area contributed by atoms with Gasteiger partial charge in [0.05, 0.1) is 36.4 Å². The fourth-order valence-corrected chi connectivity index (χ4v) is 3.96. The van der Waals surface area contributed by atoms with E-state index >= 15 is 0 Å². The molecule has 2 rings (SSSR count). The monoisotopic (exact) mass is 514 g/mol. The molecule has 1 aromatic rings. The van der Waals surface area contributed by atoms with Crippen LogP contribution in [0.4, 0.5) is 0 Å². The molecule has 0 bridgehead atoms. The van der Waals surface area contributed by atoms with Crippen molar-refractivity contribution in [3.05, 3.63) is 33.4 Å². The molecule has 1 aliphatic heterocycles. The molecule has 1 unspecified atom stereocenters. The third-order valence-electron chi connectivity index (χ3n) is 4.37. The van der Waals surface area contributed by atoms with Crippen molar-refractivity contribution in [2.75, 3.05) is 26.9 Å². The largest absolute Gasteiger partial charge is 0.493 e. The molecule has 1 heterocycles. The Morgan fingerprint density at radius 3 is 2.48 bits per heavy atom. The summed E-state index contributed by atoms with van der Waals surface area (Å²) < 4.78 is 21.8. The van der Waals surface area contributed by atoms with Gasteiger partial charge in [0.15, 0.2) is 23.2 Å². The molecule has 1 atom stereocenters. The van der Waals surface area contributed by atoms with Crippen LogP contribution in [0.3, 0.4) is 0 Å². The average Bonchev–Trinajstić information content (AvgIpc) is 2.72. The fraction of sp³-hybridized carbons (Fsp3) is 0.476. The number of hydrogen-bond donors (Lipinski definition) is 2. The average molecular weight is 515 g/mol. The Balaban J connectivity index is 2.47. The van der Waals surface area contributed by atoms with Crippen molar-refractivity contribution >= 4 is 45.2 Å². The van der Waals surface area contributed by atoms with Crippen molar-refractivity contribution in [3.63, 3.8) is 0 Å². The van der Waals surface area contributed by atoms with Gasteiger partial charge in [0, 0.05) is 5.70 Å². The maximum Gasteiger partial charge on any atom is 0.344 e. The standard InChI is InChI=1S/C21H27BrN2O6S/c1-5-8-14-17(20(26)29-7-3)18(24-21(31)23-14)12-9-13(22)19(15(10-12)27-4)30-11-16(25)28-6-2/h9-10,18H,5-8,11H2,1-4H3,(H2,23,24,31). The topological polar surface area (TPSA) is 95.1 Å². The van der Waals surface area contributed by atoms with E-state index in [1.807, 2.05) is 6.92 Å². The lowest BCUT2D eigenvalue weighted by molar-refractivity contribution is -0.145. The number of esters is 2. The Bertz CT molecular complexity index is 874. The summed E-state index contributed by atoms with van der Waals surface area (Å²) in [7, 11) is 1.49. The molecule has 0 radical (unpaired) electrons. The first-order chi connectivity index (χ1) is 14.9. The van der Waals surface area contributed by atoms with Gasteiger partial charge in [-0.1, -0.05) is 13.3 Å². The van der Waals surface area contributed by atoms with Crippen LogP contribution in [0, 0.1) is 0 Å². The van der Waals surface area contributed by atoms with Gasteiger partial charge in [-0.05, 0) is 66.1 Å². The second-order valence-corrected chi connectivity index (χ2v) is 7.78. The zero-order valence-corrected chi connectivity index (χ0v) is 20.4. The first-order valence-electron chi connectivity index (χ1n) is 9.99. The summed E-state index contributed by atoms with van der Waals surface area (Å²) in [6.45, 7) is 5.77. The molecule has 8 nitrogen and oxygen atoms in total. The highest BCUT2D eigenvalue weighted by atomic mass is 79.9. The van der Waals surface area contributed by atoms with E-state index in [1.54, 1.807) is 26.0 Å². The van der Waals surface area contributed by atoms with Crippen LogP contribution < -0.4 is 20.1 Å². The number of ether oxygens (including phenoxy) is 4. The molecule has 0 aliphatic carbocycles. The molecule has 31 heavy (non-hydrogen) atoms. The van der Waals surface area contributed by atoms with Gasteiger partial charge < -0.3 is 29.6 Å². The van der Waals surface area contributed by atoms with Gasteiger partial charge in [0.1, 0.15) is 0 Å². The lowest BCUT2D eigenvalue weighted by atomic mass is 9.93. The smallest absolute Gasteiger partial charge is 0.344 e. The second-order valence-electron chi connectivity index (χ2n) is 6.52. The Morgan fingerprint density at radius 2 is 1.87 bits per heavy atom. The Hall–Kier alpha value is -2.33. The summed E-state index contributed by atoms with van der Waals surface area (Å²) in [5.41, 5.74) is 1.91. The van der Waals surface area contributed by atoms with Gasteiger partial charge in [-0.3, -0.25) is 0 Å². The predicted octanol–water partition coefficient (Wildman–Crippen LogP) is 3.54. The first-order valence-corrected chi connectivity index (χ1v) is 11.2. The minimum Gasteiger partial charge on any atom is -0.493 e. The van der Waals surface area contributed by atoms with Crippen LogP contribution in [0.2, 0.25) is 0 Å². The number of allylic oxidation sites excluding steroid dienone is 1. The summed E-state index contributed by atoms with van der Waals surface area (Å²) in [6, 6.07) is 2.98. The number of thiocarbonyl (C=S) groups is 1.